The van der Waals surface area contributed by atoms with E-state index in [9.17, 15) is 0 Å². The molecule has 2 N–H and O–H groups in total. The third-order valence-electron chi connectivity index (χ3n) is 2.37. The van der Waals surface area contributed by atoms with Gasteiger partial charge in [0.15, 0.2) is 11.5 Å². The number of ether oxygens (including phenoxy) is 1. The Morgan fingerprint density at radius 1 is 1.41 bits per heavy atom. The molecular weight excluding hydrogens is 218 g/mol. The van der Waals surface area contributed by atoms with E-state index in [0.29, 0.717) is 5.65 Å². The van der Waals surface area contributed by atoms with Gasteiger partial charge < -0.3 is 15.0 Å². The predicted molar refractivity (Wildman–Crippen MR) is 66.0 cm³/mol. The molecule has 0 atom stereocenters. The zero-order chi connectivity index (χ0) is 12.1. The lowest BCUT2D eigenvalue weighted by atomic mass is 10.4. The van der Waals surface area contributed by atoms with Gasteiger partial charge in [0.2, 0.25) is 0 Å². The molecule has 0 fully saturated rings. The van der Waals surface area contributed by atoms with Crippen LogP contribution in [0, 0.1) is 6.92 Å². The fourth-order valence-corrected chi connectivity index (χ4v) is 1.60. The summed E-state index contributed by atoms with van der Waals surface area (Å²) in [5, 5.41) is 3.26. The normalized spacial score (nSPS) is 10.9. The molecule has 6 heteroatoms. The Balaban J connectivity index is 1.98. The minimum atomic E-state index is 0.699. The maximum atomic E-state index is 5.27. The van der Waals surface area contributed by atoms with Gasteiger partial charge in [-0.1, -0.05) is 0 Å². The summed E-state index contributed by atoms with van der Waals surface area (Å²) in [5.41, 5.74) is 1.56. The molecule has 0 aliphatic carbocycles. The molecule has 6 nitrogen and oxygen atoms in total. The first kappa shape index (κ1) is 11.8. The number of aromatic amines is 1. The second kappa shape index (κ2) is 5.58. The summed E-state index contributed by atoms with van der Waals surface area (Å²) in [5.74, 6) is 1.64. The van der Waals surface area contributed by atoms with E-state index in [0.717, 1.165) is 43.3 Å². The summed E-state index contributed by atoms with van der Waals surface area (Å²) in [6.45, 7) is 6.25. The molecule has 0 bridgehead atoms. The van der Waals surface area contributed by atoms with Crippen LogP contribution in [0.15, 0.2) is 6.33 Å². The summed E-state index contributed by atoms with van der Waals surface area (Å²) in [7, 11) is 0. The van der Waals surface area contributed by atoms with Crippen LogP contribution in [0.3, 0.4) is 0 Å². The number of nitrogens with one attached hydrogen (secondary N) is 2. The maximum Gasteiger partial charge on any atom is 0.183 e. The van der Waals surface area contributed by atoms with E-state index in [2.05, 4.69) is 25.3 Å². The van der Waals surface area contributed by atoms with Crippen molar-refractivity contribution >= 4 is 17.0 Å². The molecule has 92 valence electrons. The van der Waals surface area contributed by atoms with E-state index in [1.807, 2.05) is 13.8 Å². The third-order valence-corrected chi connectivity index (χ3v) is 2.37. The summed E-state index contributed by atoms with van der Waals surface area (Å²) in [4.78, 5) is 15.7. The van der Waals surface area contributed by atoms with Gasteiger partial charge in [0.1, 0.15) is 17.7 Å². The van der Waals surface area contributed by atoms with Crippen LogP contribution in [0.1, 0.15) is 19.2 Å². The van der Waals surface area contributed by atoms with Crippen LogP contribution >= 0.6 is 0 Å². The molecule has 0 saturated heterocycles. The number of H-pyrrole nitrogens is 1. The first-order valence-electron chi connectivity index (χ1n) is 5.80. The molecule has 0 amide bonds. The minimum absolute atomic E-state index is 0.699. The van der Waals surface area contributed by atoms with Gasteiger partial charge in [-0.25, -0.2) is 15.0 Å². The average Bonchev–Trinajstić information content (AvgIpc) is 2.70. The number of fused-ring (bicyclic) bond motifs is 1. The smallest absolute Gasteiger partial charge is 0.183 e. The monoisotopic (exact) mass is 235 g/mol. The molecule has 0 spiro atoms. The van der Waals surface area contributed by atoms with Gasteiger partial charge in [-0.05, 0) is 20.3 Å². The van der Waals surface area contributed by atoms with Gasteiger partial charge in [0, 0.05) is 19.8 Å². The Morgan fingerprint density at radius 2 is 2.29 bits per heavy atom. The van der Waals surface area contributed by atoms with Crippen molar-refractivity contribution in [1.29, 1.82) is 0 Å². The van der Waals surface area contributed by atoms with Crippen molar-refractivity contribution in [3.8, 4) is 0 Å². The van der Waals surface area contributed by atoms with E-state index in [-0.39, 0.29) is 0 Å². The molecular formula is C11H17N5O. The lowest BCUT2D eigenvalue weighted by Crippen LogP contribution is -2.07. The fraction of sp³-hybridized carbons (Fsp3) is 0.545. The van der Waals surface area contributed by atoms with Gasteiger partial charge >= 0.3 is 0 Å². The van der Waals surface area contributed by atoms with Crippen LogP contribution in [0.25, 0.3) is 11.2 Å². The SMILES string of the molecule is CCOCCCNc1ncnc2nc(C)[nH]c12. The van der Waals surface area contributed by atoms with Crippen molar-refractivity contribution in [2.24, 2.45) is 0 Å². The molecule has 0 radical (unpaired) electrons. The van der Waals surface area contributed by atoms with Crippen LogP contribution in [-0.2, 0) is 4.74 Å². The second-order valence-corrected chi connectivity index (χ2v) is 3.72. The van der Waals surface area contributed by atoms with Gasteiger partial charge in [0.25, 0.3) is 0 Å². The van der Waals surface area contributed by atoms with E-state index < -0.39 is 0 Å². The molecule has 17 heavy (non-hydrogen) atoms. The zero-order valence-electron chi connectivity index (χ0n) is 10.2. The van der Waals surface area contributed by atoms with Crippen molar-refractivity contribution in [2.45, 2.75) is 20.3 Å². The van der Waals surface area contributed by atoms with E-state index in [4.69, 9.17) is 4.74 Å². The largest absolute Gasteiger partial charge is 0.382 e. The van der Waals surface area contributed by atoms with Crippen LogP contribution in [0.5, 0.6) is 0 Å². The van der Waals surface area contributed by atoms with Crippen molar-refractivity contribution < 1.29 is 4.74 Å². The standard InChI is InChI=1S/C11H17N5O/c1-3-17-6-4-5-12-10-9-11(14-7-13-10)16-8(2)15-9/h7H,3-6H2,1-2H3,(H2,12,13,14,15,16). The molecule has 0 aromatic carbocycles. The fourth-order valence-electron chi connectivity index (χ4n) is 1.60. The first-order valence-corrected chi connectivity index (χ1v) is 5.80. The summed E-state index contributed by atoms with van der Waals surface area (Å²) >= 11 is 0. The molecule has 2 heterocycles. The van der Waals surface area contributed by atoms with Crippen molar-refractivity contribution in [3.05, 3.63) is 12.2 Å². The quantitative estimate of drug-likeness (QED) is 0.742. The van der Waals surface area contributed by atoms with Gasteiger partial charge in [-0.3, -0.25) is 0 Å². The number of aromatic nitrogens is 4. The number of anilines is 1. The van der Waals surface area contributed by atoms with E-state index >= 15 is 0 Å². The van der Waals surface area contributed by atoms with Gasteiger partial charge in [0.05, 0.1) is 0 Å². The Bertz CT molecular complexity index is 482. The van der Waals surface area contributed by atoms with Crippen molar-refractivity contribution in [1.82, 2.24) is 19.9 Å². The van der Waals surface area contributed by atoms with Crippen LogP contribution in [-0.4, -0.2) is 39.7 Å². The Kier molecular flexibility index (Phi) is 3.87. The molecule has 2 aromatic rings. The predicted octanol–water partition coefficient (Wildman–Crippen LogP) is 1.50. The average molecular weight is 235 g/mol. The molecule has 0 unspecified atom stereocenters. The van der Waals surface area contributed by atoms with Gasteiger partial charge in [-0.15, -0.1) is 0 Å². The van der Waals surface area contributed by atoms with Crippen LogP contribution in [0.4, 0.5) is 5.82 Å². The lowest BCUT2D eigenvalue weighted by Gasteiger charge is -2.05. The maximum absolute atomic E-state index is 5.27. The number of rotatable bonds is 6. The molecule has 2 rings (SSSR count). The van der Waals surface area contributed by atoms with Gasteiger partial charge in [-0.2, -0.15) is 0 Å². The highest BCUT2D eigenvalue weighted by Crippen LogP contribution is 2.15. The van der Waals surface area contributed by atoms with E-state index in [1.54, 1.807) is 0 Å². The second-order valence-electron chi connectivity index (χ2n) is 3.72. The van der Waals surface area contributed by atoms with Crippen LogP contribution < -0.4 is 5.32 Å². The van der Waals surface area contributed by atoms with E-state index in [1.165, 1.54) is 6.33 Å². The lowest BCUT2D eigenvalue weighted by molar-refractivity contribution is 0.147. The van der Waals surface area contributed by atoms with Crippen LogP contribution in [0.2, 0.25) is 0 Å². The summed E-state index contributed by atoms with van der Waals surface area (Å²) < 4.78 is 5.27. The number of hydrogen-bond donors (Lipinski definition) is 2. The summed E-state index contributed by atoms with van der Waals surface area (Å²) in [6, 6.07) is 0. The highest BCUT2D eigenvalue weighted by Gasteiger charge is 2.06. The Morgan fingerprint density at radius 3 is 3.12 bits per heavy atom. The van der Waals surface area contributed by atoms with Crippen molar-refractivity contribution in [3.63, 3.8) is 0 Å². The molecule has 0 aliphatic rings. The first-order chi connectivity index (χ1) is 8.31. The number of hydrogen-bond acceptors (Lipinski definition) is 5. The minimum Gasteiger partial charge on any atom is -0.382 e. The topological polar surface area (TPSA) is 75.7 Å². The highest BCUT2D eigenvalue weighted by molar-refractivity contribution is 5.82. The highest BCUT2D eigenvalue weighted by atomic mass is 16.5. The van der Waals surface area contributed by atoms with Crippen molar-refractivity contribution in [2.75, 3.05) is 25.1 Å². The number of nitrogens with zero attached hydrogens (tertiary/aromatic N) is 3. The summed E-state index contributed by atoms with van der Waals surface area (Å²) in [6.07, 6.45) is 2.47. The number of imidazole rings is 1. The zero-order valence-corrected chi connectivity index (χ0v) is 10.2. The Labute approximate surface area is 99.8 Å². The third kappa shape index (κ3) is 2.91. The Hall–Kier alpha value is -1.69. The molecule has 0 saturated carbocycles. The number of aryl methyl sites for hydroxylation is 1. The molecule has 0 aliphatic heterocycles. The molecule has 2 aromatic heterocycles.